The molecule has 9 heteroatoms. The molecule has 8 nitrogen and oxygen atoms in total. The fourth-order valence-corrected chi connectivity index (χ4v) is 2.69. The summed E-state index contributed by atoms with van der Waals surface area (Å²) in [5.74, 6) is 0.174. The SMILES string of the molecule is CCOC(=O)CCn1cnc2onc(-c3cc(OC)ccc3Cl)c2c1=O. The molecule has 0 aliphatic carbocycles. The standard InChI is InChI=1S/C17H16ClN3O5/c1-3-25-13(22)6-7-21-9-19-16-14(17(21)23)15(20-26-16)11-8-10(24-2)4-5-12(11)18/h4-5,8-9H,3,6-7H2,1-2H3. The maximum atomic E-state index is 12.8. The zero-order valence-corrected chi connectivity index (χ0v) is 14.9. The molecule has 0 N–H and O–H groups in total. The highest BCUT2D eigenvalue weighted by Crippen LogP contribution is 2.33. The number of esters is 1. The summed E-state index contributed by atoms with van der Waals surface area (Å²) in [7, 11) is 1.53. The Morgan fingerprint density at radius 3 is 2.92 bits per heavy atom. The Bertz CT molecular complexity index is 1010. The van der Waals surface area contributed by atoms with Crippen LogP contribution in [-0.2, 0) is 16.1 Å². The Balaban J connectivity index is 2.05. The van der Waals surface area contributed by atoms with Crippen molar-refractivity contribution in [2.45, 2.75) is 19.9 Å². The normalized spacial score (nSPS) is 10.9. The van der Waals surface area contributed by atoms with E-state index in [0.717, 1.165) is 0 Å². The van der Waals surface area contributed by atoms with Crippen molar-refractivity contribution in [1.82, 2.24) is 14.7 Å². The van der Waals surface area contributed by atoms with Gasteiger partial charge in [0.2, 0.25) is 0 Å². The number of aryl methyl sites for hydroxylation is 1. The summed E-state index contributed by atoms with van der Waals surface area (Å²) in [4.78, 5) is 28.4. The molecule has 0 radical (unpaired) electrons. The first-order valence-corrected chi connectivity index (χ1v) is 8.27. The quantitative estimate of drug-likeness (QED) is 0.609. The van der Waals surface area contributed by atoms with E-state index in [0.29, 0.717) is 16.3 Å². The first-order valence-electron chi connectivity index (χ1n) is 7.89. The van der Waals surface area contributed by atoms with Crippen LogP contribution in [0.3, 0.4) is 0 Å². The van der Waals surface area contributed by atoms with Gasteiger partial charge in [0.05, 0.1) is 25.2 Å². The molecule has 2 aromatic heterocycles. The Morgan fingerprint density at radius 1 is 1.38 bits per heavy atom. The Labute approximate surface area is 153 Å². The van der Waals surface area contributed by atoms with Crippen LogP contribution in [-0.4, -0.2) is 34.4 Å². The van der Waals surface area contributed by atoms with E-state index in [1.807, 2.05) is 0 Å². The van der Waals surface area contributed by atoms with Crippen LogP contribution in [0, 0.1) is 0 Å². The molecule has 0 unspecified atom stereocenters. The molecule has 0 fully saturated rings. The number of hydrogen-bond donors (Lipinski definition) is 0. The molecule has 0 aliphatic heterocycles. The van der Waals surface area contributed by atoms with Crippen LogP contribution in [0.5, 0.6) is 5.75 Å². The van der Waals surface area contributed by atoms with Gasteiger partial charge >= 0.3 is 5.97 Å². The third kappa shape index (κ3) is 3.41. The number of aromatic nitrogens is 3. The van der Waals surface area contributed by atoms with Gasteiger partial charge in [0.1, 0.15) is 23.2 Å². The molecular weight excluding hydrogens is 362 g/mol. The molecule has 0 aliphatic rings. The number of ether oxygens (including phenoxy) is 2. The van der Waals surface area contributed by atoms with Gasteiger partial charge < -0.3 is 14.0 Å². The van der Waals surface area contributed by atoms with E-state index in [9.17, 15) is 9.59 Å². The van der Waals surface area contributed by atoms with Gasteiger partial charge in [-0.25, -0.2) is 4.98 Å². The van der Waals surface area contributed by atoms with Crippen LogP contribution in [0.4, 0.5) is 0 Å². The molecule has 2 heterocycles. The number of fused-ring (bicyclic) bond motifs is 1. The van der Waals surface area contributed by atoms with Crippen LogP contribution in [0.25, 0.3) is 22.4 Å². The van der Waals surface area contributed by atoms with Crippen molar-refractivity contribution in [3.05, 3.63) is 39.9 Å². The van der Waals surface area contributed by atoms with Gasteiger partial charge in [0.15, 0.2) is 0 Å². The average molecular weight is 378 g/mol. The fourth-order valence-electron chi connectivity index (χ4n) is 2.48. The lowest BCUT2D eigenvalue weighted by molar-refractivity contribution is -0.143. The lowest BCUT2D eigenvalue weighted by Gasteiger charge is -2.06. The van der Waals surface area contributed by atoms with Crippen molar-refractivity contribution in [3.63, 3.8) is 0 Å². The van der Waals surface area contributed by atoms with Gasteiger partial charge in [-0.1, -0.05) is 16.8 Å². The Hall–Kier alpha value is -2.87. The topological polar surface area (TPSA) is 96.5 Å². The summed E-state index contributed by atoms with van der Waals surface area (Å²) in [5, 5.41) is 4.52. The predicted octanol–water partition coefficient (Wildman–Crippen LogP) is 2.67. The van der Waals surface area contributed by atoms with Gasteiger partial charge in [-0.15, -0.1) is 0 Å². The van der Waals surface area contributed by atoms with Gasteiger partial charge in [-0.05, 0) is 25.1 Å². The monoisotopic (exact) mass is 377 g/mol. The van der Waals surface area contributed by atoms with Crippen molar-refractivity contribution >= 4 is 28.7 Å². The van der Waals surface area contributed by atoms with Crippen LogP contribution < -0.4 is 10.3 Å². The molecule has 0 bridgehead atoms. The second-order valence-electron chi connectivity index (χ2n) is 5.36. The van der Waals surface area contributed by atoms with E-state index in [4.69, 9.17) is 25.6 Å². The second kappa shape index (κ2) is 7.57. The summed E-state index contributed by atoms with van der Waals surface area (Å²) in [6.45, 7) is 2.14. The zero-order chi connectivity index (χ0) is 18.7. The largest absolute Gasteiger partial charge is 0.497 e. The number of halogens is 1. The highest BCUT2D eigenvalue weighted by Gasteiger charge is 2.19. The lowest BCUT2D eigenvalue weighted by Crippen LogP contribution is -2.22. The molecule has 0 amide bonds. The molecule has 0 saturated carbocycles. The number of hydrogen-bond acceptors (Lipinski definition) is 7. The summed E-state index contributed by atoms with van der Waals surface area (Å²) in [5.41, 5.74) is 0.476. The number of nitrogens with zero attached hydrogens (tertiary/aromatic N) is 3. The van der Waals surface area contributed by atoms with Crippen molar-refractivity contribution < 1.29 is 18.8 Å². The molecule has 136 valence electrons. The smallest absolute Gasteiger partial charge is 0.307 e. The zero-order valence-electron chi connectivity index (χ0n) is 14.2. The van der Waals surface area contributed by atoms with Gasteiger partial charge in [-0.2, -0.15) is 0 Å². The number of methoxy groups -OCH3 is 1. The molecule has 26 heavy (non-hydrogen) atoms. The summed E-state index contributed by atoms with van der Waals surface area (Å²) < 4.78 is 16.5. The van der Waals surface area contributed by atoms with Crippen LogP contribution in [0.15, 0.2) is 33.8 Å². The minimum Gasteiger partial charge on any atom is -0.497 e. The second-order valence-corrected chi connectivity index (χ2v) is 5.76. The van der Waals surface area contributed by atoms with E-state index in [2.05, 4.69) is 10.1 Å². The van der Waals surface area contributed by atoms with Crippen LogP contribution in [0.1, 0.15) is 13.3 Å². The van der Waals surface area contributed by atoms with Crippen molar-refractivity contribution in [3.8, 4) is 17.0 Å². The number of carbonyl (C=O) groups is 1. The Morgan fingerprint density at radius 2 is 2.19 bits per heavy atom. The highest BCUT2D eigenvalue weighted by atomic mass is 35.5. The minimum absolute atomic E-state index is 0.0570. The van der Waals surface area contributed by atoms with Crippen molar-refractivity contribution in [2.75, 3.05) is 13.7 Å². The first-order chi connectivity index (χ1) is 12.5. The molecule has 1 aromatic carbocycles. The van der Waals surface area contributed by atoms with E-state index < -0.39 is 0 Å². The number of benzene rings is 1. The van der Waals surface area contributed by atoms with Gasteiger partial charge in [-0.3, -0.25) is 14.2 Å². The number of carbonyl (C=O) groups excluding carboxylic acids is 1. The van der Waals surface area contributed by atoms with Gasteiger partial charge in [0.25, 0.3) is 11.3 Å². The lowest BCUT2D eigenvalue weighted by atomic mass is 10.1. The summed E-state index contributed by atoms with van der Waals surface area (Å²) in [6.07, 6.45) is 1.37. The van der Waals surface area contributed by atoms with Crippen molar-refractivity contribution in [1.29, 1.82) is 0 Å². The van der Waals surface area contributed by atoms with Crippen LogP contribution >= 0.6 is 11.6 Å². The Kier molecular flexibility index (Phi) is 5.22. The van der Waals surface area contributed by atoms with Crippen LogP contribution in [0.2, 0.25) is 5.02 Å². The third-order valence-electron chi connectivity index (χ3n) is 3.75. The summed E-state index contributed by atoms with van der Waals surface area (Å²) in [6, 6.07) is 5.00. The average Bonchev–Trinajstić information content (AvgIpc) is 3.06. The maximum absolute atomic E-state index is 12.8. The minimum atomic E-state index is -0.388. The molecule has 0 atom stereocenters. The van der Waals surface area contributed by atoms with Crippen molar-refractivity contribution in [2.24, 2.45) is 0 Å². The summed E-state index contributed by atoms with van der Waals surface area (Å²) >= 11 is 6.25. The molecule has 0 spiro atoms. The molecule has 3 aromatic rings. The number of rotatable bonds is 6. The molecular formula is C17H16ClN3O5. The van der Waals surface area contributed by atoms with E-state index in [1.54, 1.807) is 25.1 Å². The highest BCUT2D eigenvalue weighted by molar-refractivity contribution is 6.33. The van der Waals surface area contributed by atoms with E-state index >= 15 is 0 Å². The molecule has 3 rings (SSSR count). The maximum Gasteiger partial charge on any atom is 0.307 e. The predicted molar refractivity (Wildman–Crippen MR) is 94.3 cm³/mol. The first kappa shape index (κ1) is 17.9. The van der Waals surface area contributed by atoms with Gasteiger partial charge in [0, 0.05) is 12.1 Å². The van der Waals surface area contributed by atoms with E-state index in [1.165, 1.54) is 18.0 Å². The van der Waals surface area contributed by atoms with E-state index in [-0.39, 0.29) is 47.9 Å². The third-order valence-corrected chi connectivity index (χ3v) is 4.08. The fraction of sp³-hybridized carbons (Fsp3) is 0.294. The molecule has 0 saturated heterocycles.